The third-order valence-electron chi connectivity index (χ3n) is 2.58. The first-order valence-corrected chi connectivity index (χ1v) is 5.41. The van der Waals surface area contributed by atoms with Gasteiger partial charge in [0.2, 0.25) is 0 Å². The Balaban J connectivity index is 0. The minimum absolute atomic E-state index is 0. The molecule has 8 heteroatoms. The van der Waals surface area contributed by atoms with Gasteiger partial charge in [0.05, 0.1) is 6.61 Å². The zero-order valence-corrected chi connectivity index (χ0v) is 10.5. The van der Waals surface area contributed by atoms with Gasteiger partial charge in [0.1, 0.15) is 24.4 Å². The molecule has 1 aromatic carbocycles. The van der Waals surface area contributed by atoms with Crippen LogP contribution in [0, 0.1) is 0 Å². The molecule has 8 nitrogen and oxygen atoms in total. The zero-order chi connectivity index (χ0) is 13.7. The SMILES string of the molecule is O.O.O=C(c1ccccc1)[C@H](O)[C@@H](O)[C@H](O)[C@H](O)CO. The summed E-state index contributed by atoms with van der Waals surface area (Å²) in [5.41, 5.74) is 0.176. The smallest absolute Gasteiger partial charge is 0.194 e. The summed E-state index contributed by atoms with van der Waals surface area (Å²) < 4.78 is 0. The number of aliphatic hydroxyl groups is 5. The number of carbonyl (C=O) groups excluding carboxylic acids is 1. The van der Waals surface area contributed by atoms with Gasteiger partial charge in [-0.2, -0.15) is 0 Å². The lowest BCUT2D eigenvalue weighted by Crippen LogP contribution is -2.48. The van der Waals surface area contributed by atoms with Crippen LogP contribution in [-0.4, -0.2) is 73.3 Å². The Labute approximate surface area is 115 Å². The maximum Gasteiger partial charge on any atom is 0.194 e. The number of ketones is 1. The van der Waals surface area contributed by atoms with E-state index in [0.29, 0.717) is 0 Å². The molecule has 20 heavy (non-hydrogen) atoms. The van der Waals surface area contributed by atoms with E-state index >= 15 is 0 Å². The molecule has 0 aromatic heterocycles. The van der Waals surface area contributed by atoms with Crippen molar-refractivity contribution in [1.82, 2.24) is 0 Å². The third-order valence-corrected chi connectivity index (χ3v) is 2.58. The maximum absolute atomic E-state index is 11.7. The van der Waals surface area contributed by atoms with E-state index in [-0.39, 0.29) is 16.5 Å². The molecule has 0 unspecified atom stereocenters. The second-order valence-corrected chi connectivity index (χ2v) is 3.91. The third kappa shape index (κ3) is 4.94. The molecular weight excluding hydrogens is 272 g/mol. The van der Waals surface area contributed by atoms with Crippen molar-refractivity contribution in [3.05, 3.63) is 35.9 Å². The Morgan fingerprint density at radius 3 is 1.90 bits per heavy atom. The number of Topliss-reactive ketones (excluding diaryl/α,β-unsaturated/α-hetero) is 1. The second-order valence-electron chi connectivity index (χ2n) is 3.91. The molecule has 1 rings (SSSR count). The maximum atomic E-state index is 11.7. The summed E-state index contributed by atoms with van der Waals surface area (Å²) in [6.07, 6.45) is -7.18. The second kappa shape index (κ2) is 9.50. The Kier molecular flexibility index (Phi) is 9.94. The first-order valence-electron chi connectivity index (χ1n) is 5.41. The summed E-state index contributed by atoms with van der Waals surface area (Å²) in [6.45, 7) is -0.787. The first kappa shape index (κ1) is 20.9. The van der Waals surface area contributed by atoms with Crippen LogP contribution < -0.4 is 0 Å². The van der Waals surface area contributed by atoms with E-state index < -0.39 is 36.8 Å². The van der Waals surface area contributed by atoms with E-state index in [4.69, 9.17) is 10.2 Å². The van der Waals surface area contributed by atoms with E-state index in [9.17, 15) is 20.1 Å². The number of carbonyl (C=O) groups is 1. The largest absolute Gasteiger partial charge is 0.412 e. The van der Waals surface area contributed by atoms with Gasteiger partial charge in [0, 0.05) is 5.56 Å². The quantitative estimate of drug-likeness (QED) is 0.341. The summed E-state index contributed by atoms with van der Waals surface area (Å²) in [4.78, 5) is 11.7. The topological polar surface area (TPSA) is 181 Å². The van der Waals surface area contributed by atoms with Crippen LogP contribution in [0.15, 0.2) is 30.3 Å². The molecule has 0 saturated carbocycles. The molecule has 0 bridgehead atoms. The molecule has 0 aliphatic rings. The van der Waals surface area contributed by atoms with Crippen LogP contribution in [0.2, 0.25) is 0 Å². The van der Waals surface area contributed by atoms with Crippen molar-refractivity contribution in [2.24, 2.45) is 0 Å². The van der Waals surface area contributed by atoms with Crippen molar-refractivity contribution < 1.29 is 41.3 Å². The van der Waals surface area contributed by atoms with Crippen molar-refractivity contribution in [2.75, 3.05) is 6.61 Å². The average molecular weight is 292 g/mol. The van der Waals surface area contributed by atoms with Gasteiger partial charge in [-0.05, 0) is 0 Å². The highest BCUT2D eigenvalue weighted by atomic mass is 16.4. The van der Waals surface area contributed by atoms with Gasteiger partial charge in [0.15, 0.2) is 5.78 Å². The molecule has 0 radical (unpaired) electrons. The Morgan fingerprint density at radius 1 is 0.950 bits per heavy atom. The minimum Gasteiger partial charge on any atom is -0.412 e. The van der Waals surface area contributed by atoms with Crippen molar-refractivity contribution in [3.63, 3.8) is 0 Å². The summed E-state index contributed by atoms with van der Waals surface area (Å²) in [5, 5.41) is 46.2. The van der Waals surface area contributed by atoms with Crippen LogP contribution in [0.1, 0.15) is 10.4 Å². The van der Waals surface area contributed by atoms with Crippen molar-refractivity contribution >= 4 is 5.78 Å². The lowest BCUT2D eigenvalue weighted by Gasteiger charge is -2.24. The van der Waals surface area contributed by atoms with Gasteiger partial charge in [0.25, 0.3) is 0 Å². The van der Waals surface area contributed by atoms with Crippen LogP contribution >= 0.6 is 0 Å². The van der Waals surface area contributed by atoms with Gasteiger partial charge < -0.3 is 36.5 Å². The molecule has 0 fully saturated rings. The van der Waals surface area contributed by atoms with Gasteiger partial charge in [-0.25, -0.2) is 0 Å². The molecule has 0 aliphatic carbocycles. The van der Waals surface area contributed by atoms with Crippen molar-refractivity contribution in [2.45, 2.75) is 24.4 Å². The molecule has 1 aromatic rings. The standard InChI is InChI=1S/C12H16O6.2H2O/c13-6-8(14)10(16)12(18)11(17)9(15)7-4-2-1-3-5-7;;/h1-5,8,10-14,16-18H,6H2;2*1H2/t8-,10-,11+,12+;;/m1../s1. The summed E-state index contributed by atoms with van der Waals surface area (Å²) >= 11 is 0. The van der Waals surface area contributed by atoms with Gasteiger partial charge >= 0.3 is 0 Å². The molecule has 0 heterocycles. The molecule has 116 valence electrons. The predicted octanol–water partition coefficient (Wildman–Crippen LogP) is -3.34. The first-order chi connectivity index (χ1) is 8.49. The van der Waals surface area contributed by atoms with E-state index in [1.165, 1.54) is 12.1 Å². The van der Waals surface area contributed by atoms with Crippen LogP contribution in [0.4, 0.5) is 0 Å². The average Bonchev–Trinajstić information content (AvgIpc) is 2.44. The summed E-state index contributed by atoms with van der Waals surface area (Å²) in [6, 6.07) is 7.76. The van der Waals surface area contributed by atoms with E-state index in [1.54, 1.807) is 18.2 Å². The number of hydrogen-bond donors (Lipinski definition) is 5. The fraction of sp³-hybridized carbons (Fsp3) is 0.417. The highest BCUT2D eigenvalue weighted by molar-refractivity contribution is 5.99. The number of aliphatic hydroxyl groups excluding tert-OH is 5. The highest BCUT2D eigenvalue weighted by Gasteiger charge is 2.34. The number of benzene rings is 1. The van der Waals surface area contributed by atoms with Gasteiger partial charge in [-0.3, -0.25) is 4.79 Å². The summed E-state index contributed by atoms with van der Waals surface area (Å²) in [7, 11) is 0. The highest BCUT2D eigenvalue weighted by Crippen LogP contribution is 2.11. The van der Waals surface area contributed by atoms with Gasteiger partial charge in [-0.15, -0.1) is 0 Å². The minimum atomic E-state index is -1.88. The Hall–Kier alpha value is -1.39. The van der Waals surface area contributed by atoms with E-state index in [1.807, 2.05) is 0 Å². The monoisotopic (exact) mass is 292 g/mol. The Morgan fingerprint density at radius 2 is 1.45 bits per heavy atom. The lowest BCUT2D eigenvalue weighted by molar-refractivity contribution is -0.105. The van der Waals surface area contributed by atoms with E-state index in [2.05, 4.69) is 0 Å². The predicted molar refractivity (Wildman–Crippen MR) is 69.1 cm³/mol. The lowest BCUT2D eigenvalue weighted by atomic mass is 9.97. The molecule has 4 atom stereocenters. The van der Waals surface area contributed by atoms with Gasteiger partial charge in [-0.1, -0.05) is 30.3 Å². The van der Waals surface area contributed by atoms with Crippen LogP contribution in [0.25, 0.3) is 0 Å². The molecule has 0 saturated heterocycles. The van der Waals surface area contributed by atoms with E-state index in [0.717, 1.165) is 0 Å². The Bertz CT molecular complexity index is 382. The fourth-order valence-corrected chi connectivity index (χ4v) is 1.45. The normalized spacial score (nSPS) is 16.1. The van der Waals surface area contributed by atoms with Crippen LogP contribution in [0.3, 0.4) is 0 Å². The summed E-state index contributed by atoms with van der Waals surface area (Å²) in [5.74, 6) is -0.771. The molecular formula is C12H20O8. The molecule has 0 aliphatic heterocycles. The molecule has 0 spiro atoms. The zero-order valence-electron chi connectivity index (χ0n) is 10.5. The van der Waals surface area contributed by atoms with Crippen molar-refractivity contribution in [1.29, 1.82) is 0 Å². The van der Waals surface area contributed by atoms with Crippen LogP contribution in [-0.2, 0) is 0 Å². The number of rotatable bonds is 6. The van der Waals surface area contributed by atoms with Crippen LogP contribution in [0.5, 0.6) is 0 Å². The molecule has 9 N–H and O–H groups in total. The van der Waals surface area contributed by atoms with Crippen molar-refractivity contribution in [3.8, 4) is 0 Å². The molecule has 0 amide bonds. The number of hydrogen-bond acceptors (Lipinski definition) is 6. The fourth-order valence-electron chi connectivity index (χ4n) is 1.45.